The number of hydrogen-bond acceptors (Lipinski definition) is 2. The molecule has 0 aromatic rings. The van der Waals surface area contributed by atoms with Crippen LogP contribution in [0.3, 0.4) is 0 Å². The topological polar surface area (TPSA) is 26.0 Å². The lowest BCUT2D eigenvalue weighted by Crippen LogP contribution is -2.27. The Kier molecular flexibility index (Phi) is 5.24. The minimum absolute atomic E-state index is 0.367. The maximum atomic E-state index is 6.37. The molecule has 1 nitrogen and oxygen atoms in total. The highest BCUT2D eigenvalue weighted by Crippen LogP contribution is 2.29. The van der Waals surface area contributed by atoms with Crippen LogP contribution in [0.25, 0.3) is 0 Å². The van der Waals surface area contributed by atoms with Gasteiger partial charge in [-0.3, -0.25) is 0 Å². The van der Waals surface area contributed by atoms with Crippen molar-refractivity contribution in [2.24, 2.45) is 11.7 Å². The van der Waals surface area contributed by atoms with Crippen molar-refractivity contribution >= 4 is 11.8 Å². The predicted molar refractivity (Wildman–Crippen MR) is 73.8 cm³/mol. The Bertz CT molecular complexity index is 231. The Labute approximate surface area is 104 Å². The van der Waals surface area contributed by atoms with Gasteiger partial charge in [-0.2, -0.15) is 11.8 Å². The summed E-state index contributed by atoms with van der Waals surface area (Å²) in [5, 5.41) is 0. The number of hydrogen-bond donors (Lipinski definition) is 1. The van der Waals surface area contributed by atoms with Gasteiger partial charge >= 0.3 is 0 Å². The molecule has 1 fully saturated rings. The van der Waals surface area contributed by atoms with E-state index in [0.717, 1.165) is 5.92 Å². The van der Waals surface area contributed by atoms with Crippen molar-refractivity contribution in [3.8, 4) is 0 Å². The number of rotatable bonds is 3. The summed E-state index contributed by atoms with van der Waals surface area (Å²) in [4.78, 5) is 0. The molecule has 0 aromatic carbocycles. The first-order valence-corrected chi connectivity index (χ1v) is 8.04. The van der Waals surface area contributed by atoms with Crippen LogP contribution in [0.4, 0.5) is 0 Å². The first kappa shape index (κ1) is 12.5. The Morgan fingerprint density at radius 1 is 1.25 bits per heavy atom. The second-order valence-corrected chi connectivity index (χ2v) is 6.50. The van der Waals surface area contributed by atoms with E-state index < -0.39 is 0 Å². The third-order valence-electron chi connectivity index (χ3n) is 3.98. The monoisotopic (exact) mass is 239 g/mol. The first-order valence-electron chi connectivity index (χ1n) is 6.88. The van der Waals surface area contributed by atoms with Crippen molar-refractivity contribution in [1.29, 1.82) is 0 Å². The highest BCUT2D eigenvalue weighted by atomic mass is 32.2. The lowest BCUT2D eigenvalue weighted by Gasteiger charge is -2.25. The summed E-state index contributed by atoms with van der Waals surface area (Å²) in [5.74, 6) is 3.62. The molecule has 1 atom stereocenters. The molecule has 1 heterocycles. The van der Waals surface area contributed by atoms with Crippen LogP contribution in [0.15, 0.2) is 11.6 Å². The van der Waals surface area contributed by atoms with E-state index in [2.05, 4.69) is 17.8 Å². The Morgan fingerprint density at radius 3 is 2.88 bits per heavy atom. The Hall–Kier alpha value is 0.0500. The van der Waals surface area contributed by atoms with Crippen molar-refractivity contribution < 1.29 is 0 Å². The van der Waals surface area contributed by atoms with Crippen molar-refractivity contribution in [2.45, 2.75) is 57.4 Å². The molecule has 0 spiro atoms. The van der Waals surface area contributed by atoms with E-state index in [1.54, 1.807) is 5.57 Å². The molecular formula is C14H25NS. The van der Waals surface area contributed by atoms with E-state index in [0.29, 0.717) is 6.04 Å². The molecule has 0 saturated carbocycles. The molecule has 2 N–H and O–H groups in total. The maximum absolute atomic E-state index is 6.37. The Morgan fingerprint density at radius 2 is 2.06 bits per heavy atom. The molecular weight excluding hydrogens is 214 g/mol. The van der Waals surface area contributed by atoms with Gasteiger partial charge < -0.3 is 5.73 Å². The molecule has 0 bridgehead atoms. The van der Waals surface area contributed by atoms with Gasteiger partial charge in [-0.05, 0) is 62.4 Å². The minimum Gasteiger partial charge on any atom is -0.324 e. The van der Waals surface area contributed by atoms with Gasteiger partial charge in [0, 0.05) is 6.04 Å². The normalized spacial score (nSPS) is 25.9. The Balaban J connectivity index is 1.80. The molecule has 16 heavy (non-hydrogen) atoms. The lowest BCUT2D eigenvalue weighted by molar-refractivity contribution is 0.422. The molecule has 92 valence electrons. The van der Waals surface area contributed by atoms with E-state index in [4.69, 9.17) is 5.73 Å². The fraction of sp³-hybridized carbons (Fsp3) is 0.857. The van der Waals surface area contributed by atoms with Crippen molar-refractivity contribution in [2.75, 3.05) is 11.5 Å². The third-order valence-corrected chi connectivity index (χ3v) is 5.03. The van der Waals surface area contributed by atoms with Crippen LogP contribution in [0.1, 0.15) is 51.4 Å². The zero-order chi connectivity index (χ0) is 11.2. The molecule has 0 radical (unpaired) electrons. The van der Waals surface area contributed by atoms with Crippen LogP contribution in [0.5, 0.6) is 0 Å². The van der Waals surface area contributed by atoms with Crippen LogP contribution in [0.2, 0.25) is 0 Å². The quantitative estimate of drug-likeness (QED) is 0.759. The minimum atomic E-state index is 0.367. The summed E-state index contributed by atoms with van der Waals surface area (Å²) in [6, 6.07) is 0.367. The van der Waals surface area contributed by atoms with Crippen molar-refractivity contribution in [1.82, 2.24) is 0 Å². The second-order valence-electron chi connectivity index (χ2n) is 5.28. The average Bonchev–Trinajstić information content (AvgIpc) is 2.59. The van der Waals surface area contributed by atoms with Gasteiger partial charge in [0.2, 0.25) is 0 Å². The summed E-state index contributed by atoms with van der Waals surface area (Å²) >= 11 is 2.11. The van der Waals surface area contributed by atoms with Crippen molar-refractivity contribution in [3.63, 3.8) is 0 Å². The summed E-state index contributed by atoms with van der Waals surface area (Å²) < 4.78 is 0. The molecule has 1 saturated heterocycles. The van der Waals surface area contributed by atoms with Gasteiger partial charge in [0.1, 0.15) is 0 Å². The molecule has 0 amide bonds. The molecule has 1 aliphatic heterocycles. The van der Waals surface area contributed by atoms with Crippen LogP contribution in [0, 0.1) is 5.92 Å². The highest BCUT2D eigenvalue weighted by molar-refractivity contribution is 7.99. The molecule has 1 aliphatic carbocycles. The van der Waals surface area contributed by atoms with Gasteiger partial charge in [-0.15, -0.1) is 0 Å². The second kappa shape index (κ2) is 6.70. The highest BCUT2D eigenvalue weighted by Gasteiger charge is 2.19. The van der Waals surface area contributed by atoms with E-state index >= 15 is 0 Å². The summed E-state index contributed by atoms with van der Waals surface area (Å²) in [7, 11) is 0. The number of thioether (sulfide) groups is 1. The van der Waals surface area contributed by atoms with E-state index in [9.17, 15) is 0 Å². The van der Waals surface area contributed by atoms with Crippen molar-refractivity contribution in [3.05, 3.63) is 11.6 Å². The molecule has 2 rings (SSSR count). The van der Waals surface area contributed by atoms with E-state index in [-0.39, 0.29) is 0 Å². The van der Waals surface area contributed by atoms with E-state index in [1.807, 2.05) is 0 Å². The number of allylic oxidation sites excluding steroid dienone is 1. The molecule has 1 unspecified atom stereocenters. The van der Waals surface area contributed by atoms with Crippen LogP contribution < -0.4 is 5.73 Å². The molecule has 2 heteroatoms. The van der Waals surface area contributed by atoms with Gasteiger partial charge in [-0.25, -0.2) is 0 Å². The standard InChI is InChI=1S/C14H25NS/c15-14(11-12-7-9-16-10-8-12)13-5-3-1-2-4-6-13/h5,12,14H,1-4,6-11,15H2. The SMILES string of the molecule is NC(CC1CCSCC1)C1=CCCCCC1. The number of nitrogens with two attached hydrogens (primary N) is 1. The summed E-state index contributed by atoms with van der Waals surface area (Å²) in [6.45, 7) is 0. The van der Waals surface area contributed by atoms with Gasteiger partial charge in [0.05, 0.1) is 0 Å². The first-order chi connectivity index (χ1) is 7.86. The van der Waals surface area contributed by atoms with Crippen LogP contribution >= 0.6 is 11.8 Å². The van der Waals surface area contributed by atoms with Gasteiger partial charge in [0.15, 0.2) is 0 Å². The lowest BCUT2D eigenvalue weighted by atomic mass is 9.89. The molecule has 2 aliphatic rings. The fourth-order valence-electron chi connectivity index (χ4n) is 2.87. The van der Waals surface area contributed by atoms with Crippen LogP contribution in [-0.4, -0.2) is 17.5 Å². The predicted octanol–water partition coefficient (Wildman–Crippen LogP) is 3.74. The third kappa shape index (κ3) is 3.81. The summed E-state index contributed by atoms with van der Waals surface area (Å²) in [6.07, 6.45) is 13.1. The smallest absolute Gasteiger partial charge is 0.0256 e. The summed E-state index contributed by atoms with van der Waals surface area (Å²) in [5.41, 5.74) is 7.94. The maximum Gasteiger partial charge on any atom is 0.0256 e. The molecule has 0 aromatic heterocycles. The zero-order valence-corrected chi connectivity index (χ0v) is 11.1. The van der Waals surface area contributed by atoms with Crippen LogP contribution in [-0.2, 0) is 0 Å². The van der Waals surface area contributed by atoms with E-state index in [1.165, 1.54) is 62.9 Å². The van der Waals surface area contributed by atoms with Gasteiger partial charge in [-0.1, -0.05) is 18.1 Å². The zero-order valence-electron chi connectivity index (χ0n) is 10.3. The van der Waals surface area contributed by atoms with Gasteiger partial charge in [0.25, 0.3) is 0 Å². The average molecular weight is 239 g/mol. The fourth-order valence-corrected chi connectivity index (χ4v) is 4.07. The largest absolute Gasteiger partial charge is 0.324 e.